The van der Waals surface area contributed by atoms with E-state index >= 15 is 0 Å². The number of likely N-dealkylation sites (N-methyl/N-ethyl adjacent to an activating group) is 1. The molecule has 3 rings (SSSR count). The molecule has 0 aliphatic carbocycles. The van der Waals surface area contributed by atoms with E-state index in [4.69, 9.17) is 9.47 Å². The van der Waals surface area contributed by atoms with Crippen molar-refractivity contribution < 1.29 is 19.4 Å². The highest BCUT2D eigenvalue weighted by molar-refractivity contribution is 5.52. The highest BCUT2D eigenvalue weighted by Gasteiger charge is 2.29. The lowest BCUT2D eigenvalue weighted by atomic mass is 10.2. The molecule has 1 aliphatic rings. The van der Waals surface area contributed by atoms with Crippen molar-refractivity contribution in [2.24, 2.45) is 0 Å². The summed E-state index contributed by atoms with van der Waals surface area (Å²) in [5.74, 6) is 1.85. The summed E-state index contributed by atoms with van der Waals surface area (Å²) in [6, 6.07) is 10.5. The van der Waals surface area contributed by atoms with Crippen molar-refractivity contribution in [1.29, 1.82) is 0 Å². The lowest BCUT2D eigenvalue weighted by molar-refractivity contribution is -0.411. The van der Waals surface area contributed by atoms with Crippen LogP contribution < -0.4 is 19.4 Å². The summed E-state index contributed by atoms with van der Waals surface area (Å²) in [7, 11) is 1.78. The van der Waals surface area contributed by atoms with E-state index in [1.165, 1.54) is 6.07 Å². The summed E-state index contributed by atoms with van der Waals surface area (Å²) in [5, 5.41) is 11.1. The van der Waals surface area contributed by atoms with Gasteiger partial charge in [0.25, 0.3) is 0 Å². The second-order valence-corrected chi connectivity index (χ2v) is 5.04. The van der Waals surface area contributed by atoms with Crippen molar-refractivity contribution >= 4 is 11.5 Å². The fourth-order valence-corrected chi connectivity index (χ4v) is 2.42. The molecular formula is C15H16N3O4+. The number of hydrogen-bond acceptors (Lipinski definition) is 5. The lowest BCUT2D eigenvalue weighted by Gasteiger charge is -2.27. The molecule has 0 saturated carbocycles. The van der Waals surface area contributed by atoms with Crippen molar-refractivity contribution in [3.05, 3.63) is 52.7 Å². The molecule has 2 heterocycles. The van der Waals surface area contributed by atoms with Crippen LogP contribution in [0.25, 0.3) is 0 Å². The predicted octanol–water partition coefficient (Wildman–Crippen LogP) is 1.69. The number of pyridine rings is 1. The molecule has 22 heavy (non-hydrogen) atoms. The maximum Gasteiger partial charge on any atom is 0.357 e. The van der Waals surface area contributed by atoms with Crippen LogP contribution in [0.4, 0.5) is 11.5 Å². The number of ether oxygens (including phenoxy) is 2. The SMILES string of the molecule is CN(C[C@H]1COc2ccccc2O1)c1[nH+]cccc1[N+](=O)[O-]. The number of aromatic nitrogens is 1. The zero-order valence-electron chi connectivity index (χ0n) is 12.1. The molecule has 0 bridgehead atoms. The molecule has 0 amide bonds. The molecule has 0 radical (unpaired) electrons. The average Bonchev–Trinajstić information content (AvgIpc) is 2.54. The number of para-hydroxylation sites is 2. The topological polar surface area (TPSA) is 79.0 Å². The van der Waals surface area contributed by atoms with Gasteiger partial charge in [0, 0.05) is 6.07 Å². The van der Waals surface area contributed by atoms with E-state index in [0.29, 0.717) is 24.7 Å². The van der Waals surface area contributed by atoms with Crippen LogP contribution in [0, 0.1) is 10.1 Å². The Morgan fingerprint density at radius 3 is 2.86 bits per heavy atom. The fourth-order valence-electron chi connectivity index (χ4n) is 2.42. The molecule has 1 atom stereocenters. The van der Waals surface area contributed by atoms with E-state index in [9.17, 15) is 10.1 Å². The number of hydrogen-bond donors (Lipinski definition) is 0. The van der Waals surface area contributed by atoms with Gasteiger partial charge in [0.1, 0.15) is 13.2 Å². The Morgan fingerprint density at radius 1 is 1.32 bits per heavy atom. The Bertz CT molecular complexity index is 692. The minimum absolute atomic E-state index is 0.0297. The molecule has 0 saturated heterocycles. The predicted molar refractivity (Wildman–Crippen MR) is 79.3 cm³/mol. The molecular weight excluding hydrogens is 286 g/mol. The number of H-pyrrole nitrogens is 1. The highest BCUT2D eigenvalue weighted by atomic mass is 16.6. The molecule has 0 spiro atoms. The Hall–Kier alpha value is -2.83. The van der Waals surface area contributed by atoms with Gasteiger partial charge < -0.3 is 9.47 Å². The molecule has 1 N–H and O–H groups in total. The summed E-state index contributed by atoms with van der Waals surface area (Å²) in [4.78, 5) is 15.4. The van der Waals surface area contributed by atoms with Crippen molar-refractivity contribution in [3.63, 3.8) is 0 Å². The number of fused-ring (bicyclic) bond motifs is 1. The van der Waals surface area contributed by atoms with Gasteiger partial charge in [0.15, 0.2) is 17.6 Å². The van der Waals surface area contributed by atoms with Gasteiger partial charge in [-0.25, -0.2) is 4.98 Å². The maximum atomic E-state index is 11.1. The maximum absolute atomic E-state index is 11.1. The number of aromatic amines is 1. The molecule has 7 heteroatoms. The number of anilines is 1. The van der Waals surface area contributed by atoms with E-state index in [1.807, 2.05) is 24.3 Å². The smallest absolute Gasteiger partial charge is 0.357 e. The van der Waals surface area contributed by atoms with Crippen LogP contribution >= 0.6 is 0 Å². The van der Waals surface area contributed by atoms with E-state index in [0.717, 1.165) is 5.75 Å². The normalized spacial score (nSPS) is 16.1. The number of nitrogens with zero attached hydrogens (tertiary/aromatic N) is 2. The van der Waals surface area contributed by atoms with Gasteiger partial charge in [-0.3, -0.25) is 15.0 Å². The first-order chi connectivity index (χ1) is 10.6. The average molecular weight is 302 g/mol. The molecule has 1 aromatic carbocycles. The summed E-state index contributed by atoms with van der Waals surface area (Å²) in [6.45, 7) is 0.873. The molecule has 0 fully saturated rings. The molecule has 114 valence electrons. The van der Waals surface area contributed by atoms with Gasteiger partial charge in [-0.2, -0.15) is 0 Å². The van der Waals surface area contributed by atoms with E-state index in [-0.39, 0.29) is 11.8 Å². The molecule has 1 aliphatic heterocycles. The quantitative estimate of drug-likeness (QED) is 0.634. The van der Waals surface area contributed by atoms with Crippen LogP contribution in [0.1, 0.15) is 0 Å². The largest absolute Gasteiger partial charge is 0.486 e. The van der Waals surface area contributed by atoms with Crippen LogP contribution in [0.15, 0.2) is 42.6 Å². The van der Waals surface area contributed by atoms with Crippen LogP contribution in [0.2, 0.25) is 0 Å². The second-order valence-electron chi connectivity index (χ2n) is 5.04. The zero-order chi connectivity index (χ0) is 15.5. The van der Waals surface area contributed by atoms with Crippen LogP contribution in [-0.4, -0.2) is 31.2 Å². The van der Waals surface area contributed by atoms with Crippen molar-refractivity contribution in [2.75, 3.05) is 25.1 Å². The van der Waals surface area contributed by atoms with Crippen molar-refractivity contribution in [1.82, 2.24) is 0 Å². The van der Waals surface area contributed by atoms with Gasteiger partial charge in [-0.1, -0.05) is 12.1 Å². The summed E-state index contributed by atoms with van der Waals surface area (Å²) in [5.41, 5.74) is 0.0297. The van der Waals surface area contributed by atoms with Crippen LogP contribution in [0.3, 0.4) is 0 Å². The monoisotopic (exact) mass is 302 g/mol. The molecule has 7 nitrogen and oxygen atoms in total. The van der Waals surface area contributed by atoms with Crippen LogP contribution in [-0.2, 0) is 0 Å². The van der Waals surface area contributed by atoms with Gasteiger partial charge >= 0.3 is 11.5 Å². The summed E-state index contributed by atoms with van der Waals surface area (Å²) in [6.07, 6.45) is 1.46. The third-order valence-electron chi connectivity index (χ3n) is 3.44. The minimum Gasteiger partial charge on any atom is -0.486 e. The standard InChI is InChI=1S/C15H15N3O4/c1-17(15-12(18(19)20)5-4-8-16-15)9-11-10-21-13-6-2-3-7-14(13)22-11/h2-8,11H,9-10H2,1H3/p+1/t11-/m0/s1. The van der Waals surface area contributed by atoms with E-state index in [2.05, 4.69) is 4.98 Å². The molecule has 1 aromatic heterocycles. The first-order valence-corrected chi connectivity index (χ1v) is 6.90. The zero-order valence-corrected chi connectivity index (χ0v) is 12.1. The first-order valence-electron chi connectivity index (χ1n) is 6.90. The first kappa shape index (κ1) is 14.1. The van der Waals surface area contributed by atoms with E-state index < -0.39 is 4.92 Å². The van der Waals surface area contributed by atoms with Gasteiger partial charge in [-0.15, -0.1) is 0 Å². The fraction of sp³-hybridized carbons (Fsp3) is 0.267. The van der Waals surface area contributed by atoms with Crippen molar-refractivity contribution in [3.8, 4) is 11.5 Å². The third-order valence-corrected chi connectivity index (χ3v) is 3.44. The number of rotatable bonds is 4. The third kappa shape index (κ3) is 2.78. The Balaban J connectivity index is 1.73. The summed E-state index contributed by atoms with van der Waals surface area (Å²) < 4.78 is 11.5. The van der Waals surface area contributed by atoms with Gasteiger partial charge in [0.2, 0.25) is 0 Å². The van der Waals surface area contributed by atoms with Gasteiger partial charge in [0.05, 0.1) is 18.2 Å². The molecule has 2 aromatic rings. The second kappa shape index (κ2) is 5.88. The highest BCUT2D eigenvalue weighted by Crippen LogP contribution is 2.31. The minimum atomic E-state index is -0.407. The Labute approximate surface area is 127 Å². The Morgan fingerprint density at radius 2 is 2.09 bits per heavy atom. The van der Waals surface area contributed by atoms with Crippen molar-refractivity contribution in [2.45, 2.75) is 6.10 Å². The lowest BCUT2D eigenvalue weighted by Crippen LogP contribution is -2.41. The van der Waals surface area contributed by atoms with Crippen LogP contribution in [0.5, 0.6) is 11.5 Å². The number of benzene rings is 1. The number of nitrogens with one attached hydrogen (secondary N) is 1. The Kier molecular flexibility index (Phi) is 3.78. The summed E-state index contributed by atoms with van der Waals surface area (Å²) >= 11 is 0. The van der Waals surface area contributed by atoms with E-state index in [1.54, 1.807) is 24.2 Å². The molecule has 0 unspecified atom stereocenters. The van der Waals surface area contributed by atoms with Gasteiger partial charge in [-0.05, 0) is 18.2 Å². The number of nitro groups is 1.